The summed E-state index contributed by atoms with van der Waals surface area (Å²) in [5, 5.41) is 9.16. The van der Waals surface area contributed by atoms with Crippen LogP contribution in [0.25, 0.3) is 11.1 Å². The van der Waals surface area contributed by atoms with Crippen LogP contribution in [-0.4, -0.2) is 21.1 Å². The molecule has 0 aliphatic heterocycles. The summed E-state index contributed by atoms with van der Waals surface area (Å²) in [5.41, 5.74) is 8.90. The molecule has 0 saturated carbocycles. The summed E-state index contributed by atoms with van der Waals surface area (Å²) >= 11 is 0. The maximum absolute atomic E-state index is 11.9. The predicted octanol–water partition coefficient (Wildman–Crippen LogP) is 2.30. The zero-order valence-corrected chi connectivity index (χ0v) is 13.2. The van der Waals surface area contributed by atoms with Crippen molar-refractivity contribution in [1.82, 2.24) is 20.5 Å². The molecule has 6 heteroatoms. The van der Waals surface area contributed by atoms with Gasteiger partial charge in [-0.2, -0.15) is 4.98 Å². The van der Waals surface area contributed by atoms with Crippen molar-refractivity contribution in [2.75, 3.05) is 5.73 Å². The van der Waals surface area contributed by atoms with Gasteiger partial charge in [0.05, 0.1) is 6.54 Å². The van der Waals surface area contributed by atoms with Gasteiger partial charge < -0.3 is 11.1 Å². The molecule has 1 amide bonds. The number of nitrogens with zero attached hydrogens (tertiary/aromatic N) is 2. The number of anilines is 1. The molecule has 4 N–H and O–H groups in total. The van der Waals surface area contributed by atoms with Gasteiger partial charge in [0.15, 0.2) is 0 Å². The number of nitrogen functional groups attached to an aromatic ring is 1. The first-order chi connectivity index (χ1) is 11.7. The number of amides is 1. The van der Waals surface area contributed by atoms with Gasteiger partial charge in [0.25, 0.3) is 0 Å². The number of carbonyl (C=O) groups is 1. The van der Waals surface area contributed by atoms with Crippen LogP contribution < -0.4 is 11.1 Å². The maximum atomic E-state index is 11.9. The quantitative estimate of drug-likeness (QED) is 0.649. The van der Waals surface area contributed by atoms with Gasteiger partial charge in [-0.05, 0) is 23.1 Å². The summed E-state index contributed by atoms with van der Waals surface area (Å²) < 4.78 is 0. The van der Waals surface area contributed by atoms with E-state index < -0.39 is 0 Å². The first-order valence-electron chi connectivity index (χ1n) is 7.78. The minimum Gasteiger partial charge on any atom is -0.367 e. The molecule has 0 atom stereocenters. The lowest BCUT2D eigenvalue weighted by atomic mass is 10.0. The number of aromatic amines is 1. The molecule has 122 valence electrons. The van der Waals surface area contributed by atoms with Gasteiger partial charge in [0.1, 0.15) is 5.82 Å². The fraction of sp³-hybridized carbons (Fsp3) is 0.167. The molecule has 0 spiro atoms. The Labute approximate surface area is 140 Å². The molecule has 0 bridgehead atoms. The Hall–Kier alpha value is -3.15. The highest BCUT2D eigenvalue weighted by atomic mass is 16.1. The van der Waals surface area contributed by atoms with E-state index in [0.29, 0.717) is 25.2 Å². The molecular formula is C18H19N5O. The van der Waals surface area contributed by atoms with E-state index in [4.69, 9.17) is 5.73 Å². The van der Waals surface area contributed by atoms with Crippen molar-refractivity contribution in [3.8, 4) is 11.1 Å². The Morgan fingerprint density at radius 1 is 1.04 bits per heavy atom. The van der Waals surface area contributed by atoms with Crippen molar-refractivity contribution in [3.05, 3.63) is 66.0 Å². The van der Waals surface area contributed by atoms with Crippen molar-refractivity contribution in [1.29, 1.82) is 0 Å². The molecule has 0 unspecified atom stereocenters. The van der Waals surface area contributed by atoms with Crippen LogP contribution in [0.1, 0.15) is 17.8 Å². The van der Waals surface area contributed by atoms with E-state index in [1.54, 1.807) is 0 Å². The van der Waals surface area contributed by atoms with E-state index in [1.807, 2.05) is 18.2 Å². The van der Waals surface area contributed by atoms with Crippen molar-refractivity contribution in [3.63, 3.8) is 0 Å². The lowest BCUT2D eigenvalue weighted by Gasteiger charge is -2.05. The monoisotopic (exact) mass is 321 g/mol. The van der Waals surface area contributed by atoms with E-state index in [9.17, 15) is 4.79 Å². The van der Waals surface area contributed by atoms with Crippen LogP contribution in [0.15, 0.2) is 54.6 Å². The van der Waals surface area contributed by atoms with Crippen LogP contribution in [0.4, 0.5) is 5.95 Å². The minimum atomic E-state index is -0.0305. The number of hydrogen-bond acceptors (Lipinski definition) is 4. The number of hydrogen-bond donors (Lipinski definition) is 3. The number of aromatic nitrogens is 3. The van der Waals surface area contributed by atoms with Gasteiger partial charge >= 0.3 is 0 Å². The standard InChI is InChI=1S/C18H19N5O/c19-18-21-16(22-23-18)12-20-17(24)11-8-13-6-9-15(10-7-13)14-4-2-1-3-5-14/h1-7,9-10H,8,11-12H2,(H,20,24)(H3,19,21,22,23). The molecule has 1 heterocycles. The van der Waals surface area contributed by atoms with Crippen LogP contribution in [-0.2, 0) is 17.8 Å². The Balaban J connectivity index is 1.48. The lowest BCUT2D eigenvalue weighted by molar-refractivity contribution is -0.121. The number of H-pyrrole nitrogens is 1. The van der Waals surface area contributed by atoms with Gasteiger partial charge in [-0.15, -0.1) is 5.10 Å². The highest BCUT2D eigenvalue weighted by molar-refractivity contribution is 5.76. The Morgan fingerprint density at radius 3 is 2.42 bits per heavy atom. The molecule has 0 aliphatic rings. The summed E-state index contributed by atoms with van der Waals surface area (Å²) in [5.74, 6) is 0.697. The van der Waals surface area contributed by atoms with Gasteiger partial charge in [-0.3, -0.25) is 9.89 Å². The molecule has 1 aromatic heterocycles. The van der Waals surface area contributed by atoms with Crippen LogP contribution in [0.3, 0.4) is 0 Å². The highest BCUT2D eigenvalue weighted by Gasteiger charge is 2.05. The number of nitrogens with one attached hydrogen (secondary N) is 2. The van der Waals surface area contributed by atoms with Crippen molar-refractivity contribution in [2.24, 2.45) is 0 Å². The van der Waals surface area contributed by atoms with Crippen LogP contribution >= 0.6 is 0 Å². The first kappa shape index (κ1) is 15.7. The van der Waals surface area contributed by atoms with E-state index in [-0.39, 0.29) is 11.9 Å². The van der Waals surface area contributed by atoms with Crippen LogP contribution in [0.2, 0.25) is 0 Å². The summed E-state index contributed by atoms with van der Waals surface area (Å²) in [4.78, 5) is 15.8. The number of rotatable bonds is 6. The van der Waals surface area contributed by atoms with E-state index in [0.717, 1.165) is 5.56 Å². The summed E-state index contributed by atoms with van der Waals surface area (Å²) in [6.45, 7) is 0.302. The minimum absolute atomic E-state index is 0.0305. The zero-order valence-electron chi connectivity index (χ0n) is 13.2. The second-order valence-electron chi connectivity index (χ2n) is 5.48. The maximum Gasteiger partial charge on any atom is 0.239 e. The van der Waals surface area contributed by atoms with Gasteiger partial charge in [-0.1, -0.05) is 54.6 Å². The SMILES string of the molecule is Nc1n[nH]c(CNC(=O)CCc2ccc(-c3ccccc3)cc2)n1. The first-order valence-corrected chi connectivity index (χ1v) is 7.78. The Morgan fingerprint density at radius 2 is 1.75 bits per heavy atom. The lowest BCUT2D eigenvalue weighted by Crippen LogP contribution is -2.23. The highest BCUT2D eigenvalue weighted by Crippen LogP contribution is 2.19. The third kappa shape index (κ3) is 4.19. The third-order valence-electron chi connectivity index (χ3n) is 3.70. The van der Waals surface area contributed by atoms with E-state index in [2.05, 4.69) is 56.9 Å². The third-order valence-corrected chi connectivity index (χ3v) is 3.70. The molecule has 0 aliphatic carbocycles. The largest absolute Gasteiger partial charge is 0.367 e. The Bertz CT molecular complexity index is 796. The molecule has 0 saturated heterocycles. The predicted molar refractivity (Wildman–Crippen MR) is 92.8 cm³/mol. The Kier molecular flexibility index (Phi) is 4.86. The van der Waals surface area contributed by atoms with Crippen molar-refractivity contribution in [2.45, 2.75) is 19.4 Å². The van der Waals surface area contributed by atoms with Crippen molar-refractivity contribution >= 4 is 11.9 Å². The smallest absolute Gasteiger partial charge is 0.239 e. The zero-order chi connectivity index (χ0) is 16.8. The fourth-order valence-corrected chi connectivity index (χ4v) is 2.41. The number of aryl methyl sites for hydroxylation is 1. The molecule has 0 fully saturated rings. The average molecular weight is 321 g/mol. The van der Waals surface area contributed by atoms with Gasteiger partial charge in [-0.25, -0.2) is 0 Å². The second kappa shape index (κ2) is 7.41. The van der Waals surface area contributed by atoms with E-state index in [1.165, 1.54) is 11.1 Å². The summed E-state index contributed by atoms with van der Waals surface area (Å²) in [6, 6.07) is 18.5. The average Bonchev–Trinajstić information content (AvgIpc) is 3.05. The topological polar surface area (TPSA) is 96.7 Å². The number of benzene rings is 2. The molecular weight excluding hydrogens is 302 g/mol. The number of carbonyl (C=O) groups excluding carboxylic acids is 1. The van der Waals surface area contributed by atoms with Crippen LogP contribution in [0, 0.1) is 0 Å². The van der Waals surface area contributed by atoms with Gasteiger partial charge in [0, 0.05) is 6.42 Å². The summed E-state index contributed by atoms with van der Waals surface area (Å²) in [6.07, 6.45) is 1.12. The molecule has 3 aromatic rings. The normalized spacial score (nSPS) is 10.5. The summed E-state index contributed by atoms with van der Waals surface area (Å²) in [7, 11) is 0. The van der Waals surface area contributed by atoms with Gasteiger partial charge in [0.2, 0.25) is 11.9 Å². The van der Waals surface area contributed by atoms with Crippen molar-refractivity contribution < 1.29 is 4.79 Å². The second-order valence-corrected chi connectivity index (χ2v) is 5.48. The molecule has 3 rings (SSSR count). The van der Waals surface area contributed by atoms with Crippen LogP contribution in [0.5, 0.6) is 0 Å². The fourth-order valence-electron chi connectivity index (χ4n) is 2.41. The molecule has 0 radical (unpaired) electrons. The molecule has 2 aromatic carbocycles. The number of nitrogens with two attached hydrogens (primary N) is 1. The molecule has 6 nitrogen and oxygen atoms in total. The van der Waals surface area contributed by atoms with E-state index >= 15 is 0 Å². The molecule has 24 heavy (non-hydrogen) atoms.